The van der Waals surface area contributed by atoms with Crippen LogP contribution in [0.15, 0.2) is 18.6 Å². The van der Waals surface area contributed by atoms with Gasteiger partial charge in [-0.15, -0.1) is 0 Å². The van der Waals surface area contributed by atoms with E-state index in [2.05, 4.69) is 20.3 Å². The van der Waals surface area contributed by atoms with Gasteiger partial charge in [-0.25, -0.2) is 23.7 Å². The predicted molar refractivity (Wildman–Crippen MR) is 106 cm³/mol. The van der Waals surface area contributed by atoms with E-state index in [0.717, 1.165) is 12.8 Å². The first-order chi connectivity index (χ1) is 14.3. The third-order valence-electron chi connectivity index (χ3n) is 6.19. The van der Waals surface area contributed by atoms with Gasteiger partial charge in [-0.2, -0.15) is 0 Å². The maximum Gasteiger partial charge on any atom is 0.270 e. The van der Waals surface area contributed by atoms with Crippen LogP contribution < -0.4 is 5.32 Å². The van der Waals surface area contributed by atoms with Crippen LogP contribution >= 0.6 is 0 Å². The molecule has 0 radical (unpaired) electrons. The van der Waals surface area contributed by atoms with Crippen molar-refractivity contribution in [3.8, 4) is 11.5 Å². The van der Waals surface area contributed by atoms with Crippen molar-refractivity contribution in [1.29, 1.82) is 0 Å². The van der Waals surface area contributed by atoms with Gasteiger partial charge in [0.05, 0.1) is 18.6 Å². The van der Waals surface area contributed by atoms with E-state index in [9.17, 15) is 18.7 Å². The summed E-state index contributed by atoms with van der Waals surface area (Å²) in [6.07, 6.45) is 6.03. The second-order valence-electron chi connectivity index (χ2n) is 8.50. The minimum absolute atomic E-state index is 0.00663. The summed E-state index contributed by atoms with van der Waals surface area (Å²) in [5.41, 5.74) is 1.52. The summed E-state index contributed by atoms with van der Waals surface area (Å²) in [6, 6.07) is 1.63. The second kappa shape index (κ2) is 8.37. The molecule has 0 atom stereocenters. The number of amides is 1. The van der Waals surface area contributed by atoms with E-state index in [1.165, 1.54) is 0 Å². The van der Waals surface area contributed by atoms with Crippen molar-refractivity contribution in [1.82, 2.24) is 24.8 Å². The Morgan fingerprint density at radius 2 is 1.87 bits per heavy atom. The number of nitrogens with one attached hydrogen (secondary N) is 1. The molecule has 2 aromatic rings. The summed E-state index contributed by atoms with van der Waals surface area (Å²) in [7, 11) is 1.81. The monoisotopic (exact) mass is 419 g/mol. The van der Waals surface area contributed by atoms with Crippen LogP contribution in [0.4, 0.5) is 8.78 Å². The Labute approximate surface area is 174 Å². The Hall–Kier alpha value is -2.42. The van der Waals surface area contributed by atoms with Crippen LogP contribution in [-0.4, -0.2) is 48.6 Å². The van der Waals surface area contributed by atoms with Crippen LogP contribution in [0.5, 0.6) is 0 Å². The molecule has 2 fully saturated rings. The number of hydrogen-bond donors (Lipinski definition) is 2. The van der Waals surface area contributed by atoms with E-state index >= 15 is 0 Å². The fourth-order valence-corrected chi connectivity index (χ4v) is 4.29. The first-order valence-corrected chi connectivity index (χ1v) is 10.5. The number of carbonyl (C=O) groups is 1. The van der Waals surface area contributed by atoms with Gasteiger partial charge in [0.2, 0.25) is 5.92 Å². The number of carbonyl (C=O) groups excluding carboxylic acids is 1. The molecule has 30 heavy (non-hydrogen) atoms. The highest BCUT2D eigenvalue weighted by Gasteiger charge is 2.36. The zero-order chi connectivity index (χ0) is 21.3. The molecule has 2 heterocycles. The van der Waals surface area contributed by atoms with Crippen LogP contribution in [0.2, 0.25) is 0 Å². The summed E-state index contributed by atoms with van der Waals surface area (Å²) in [4.78, 5) is 26.1. The van der Waals surface area contributed by atoms with Crippen molar-refractivity contribution in [2.75, 3.05) is 0 Å². The third kappa shape index (κ3) is 4.66. The van der Waals surface area contributed by atoms with Gasteiger partial charge in [-0.1, -0.05) is 0 Å². The highest BCUT2D eigenvalue weighted by molar-refractivity contribution is 5.93. The van der Waals surface area contributed by atoms with Crippen LogP contribution in [-0.2, 0) is 7.05 Å². The quantitative estimate of drug-likeness (QED) is 0.794. The molecule has 2 aromatic heterocycles. The summed E-state index contributed by atoms with van der Waals surface area (Å²) >= 11 is 0. The minimum atomic E-state index is -2.62. The normalized spacial score (nSPS) is 24.5. The molecule has 2 aliphatic rings. The molecule has 2 N–H and O–H groups in total. The smallest absolute Gasteiger partial charge is 0.270 e. The fourth-order valence-electron chi connectivity index (χ4n) is 4.29. The molecule has 1 amide bonds. The van der Waals surface area contributed by atoms with Gasteiger partial charge < -0.3 is 15.0 Å². The molecule has 162 valence electrons. The Balaban J connectivity index is 1.60. The first kappa shape index (κ1) is 20.8. The summed E-state index contributed by atoms with van der Waals surface area (Å²) in [5, 5.41) is 12.7. The molecular formula is C21H27F2N5O2. The van der Waals surface area contributed by atoms with Crippen LogP contribution in [0.3, 0.4) is 0 Å². The number of nitrogens with zero attached hydrogens (tertiary/aromatic N) is 4. The van der Waals surface area contributed by atoms with Gasteiger partial charge >= 0.3 is 0 Å². The number of aryl methyl sites for hydroxylation is 1. The van der Waals surface area contributed by atoms with Gasteiger partial charge in [-0.3, -0.25) is 4.79 Å². The number of aliphatic hydroxyl groups excluding tert-OH is 1. The number of halogens is 2. The Morgan fingerprint density at radius 1 is 1.17 bits per heavy atom. The molecule has 0 saturated heterocycles. The zero-order valence-corrected chi connectivity index (χ0v) is 17.0. The Morgan fingerprint density at radius 3 is 2.50 bits per heavy atom. The molecule has 9 heteroatoms. The largest absolute Gasteiger partial charge is 0.393 e. The van der Waals surface area contributed by atoms with Gasteiger partial charge in [0.1, 0.15) is 11.4 Å². The number of hydrogen-bond acceptors (Lipinski definition) is 5. The van der Waals surface area contributed by atoms with E-state index in [1.807, 2.05) is 7.05 Å². The van der Waals surface area contributed by atoms with Crippen LogP contribution in [0.25, 0.3) is 11.5 Å². The van der Waals surface area contributed by atoms with Gasteiger partial charge in [0, 0.05) is 37.5 Å². The minimum Gasteiger partial charge on any atom is -0.393 e. The van der Waals surface area contributed by atoms with Crippen molar-refractivity contribution >= 4 is 5.91 Å². The molecular weight excluding hydrogens is 392 g/mol. The molecule has 4 rings (SSSR count). The number of aliphatic hydroxyl groups is 1. The molecule has 7 nitrogen and oxygen atoms in total. The van der Waals surface area contributed by atoms with Crippen molar-refractivity contribution in [3.63, 3.8) is 0 Å². The number of rotatable bonds is 4. The molecule has 0 spiro atoms. The molecule has 0 aliphatic heterocycles. The maximum absolute atomic E-state index is 13.6. The second-order valence-corrected chi connectivity index (χ2v) is 8.50. The summed E-state index contributed by atoms with van der Waals surface area (Å²) in [6.45, 7) is 0. The van der Waals surface area contributed by atoms with E-state index < -0.39 is 5.92 Å². The van der Waals surface area contributed by atoms with Crippen LogP contribution in [0.1, 0.15) is 73.5 Å². The SMILES string of the molecule is Cn1cncc1-c1nc(C(=O)NC2CCC(O)CC2)cc(C2CCC(F)(F)CC2)n1. The first-order valence-electron chi connectivity index (χ1n) is 10.5. The standard InChI is InChI=1S/C21H27F2N5O2/c1-28-12-24-11-18(28)19-26-16(13-6-8-21(22,23)9-7-13)10-17(27-19)20(30)25-14-2-4-15(29)5-3-14/h10-15,29H,2-9H2,1H3,(H,25,30). The van der Waals surface area contributed by atoms with Gasteiger partial charge in [-0.05, 0) is 44.6 Å². The molecule has 0 aromatic carbocycles. The highest BCUT2D eigenvalue weighted by atomic mass is 19.3. The maximum atomic E-state index is 13.6. The predicted octanol–water partition coefficient (Wildman–Crippen LogP) is 3.20. The highest BCUT2D eigenvalue weighted by Crippen LogP contribution is 2.40. The Kier molecular flexibility index (Phi) is 5.81. The zero-order valence-electron chi connectivity index (χ0n) is 17.0. The topological polar surface area (TPSA) is 92.9 Å². The molecule has 2 aliphatic carbocycles. The number of alkyl halides is 2. The van der Waals surface area contributed by atoms with Crippen molar-refractivity contribution in [3.05, 3.63) is 30.0 Å². The van der Waals surface area contributed by atoms with Gasteiger partial charge in [0.15, 0.2) is 5.82 Å². The fraction of sp³-hybridized carbons (Fsp3) is 0.619. The van der Waals surface area contributed by atoms with Crippen molar-refractivity contribution in [2.45, 2.75) is 75.4 Å². The van der Waals surface area contributed by atoms with E-state index in [-0.39, 0.29) is 42.5 Å². The third-order valence-corrected chi connectivity index (χ3v) is 6.19. The van der Waals surface area contributed by atoms with E-state index in [1.54, 1.807) is 23.2 Å². The van der Waals surface area contributed by atoms with E-state index in [0.29, 0.717) is 42.9 Å². The lowest BCUT2D eigenvalue weighted by Crippen LogP contribution is -2.39. The number of imidazole rings is 1. The lowest BCUT2D eigenvalue weighted by Gasteiger charge is -2.28. The van der Waals surface area contributed by atoms with Crippen LogP contribution in [0, 0.1) is 0 Å². The molecule has 0 bridgehead atoms. The van der Waals surface area contributed by atoms with Crippen molar-refractivity contribution in [2.24, 2.45) is 7.05 Å². The summed E-state index contributed by atoms with van der Waals surface area (Å²) in [5.74, 6) is -2.69. The van der Waals surface area contributed by atoms with Gasteiger partial charge in [0.25, 0.3) is 5.91 Å². The Bertz CT molecular complexity index is 899. The molecule has 2 saturated carbocycles. The van der Waals surface area contributed by atoms with E-state index in [4.69, 9.17) is 0 Å². The lowest BCUT2D eigenvalue weighted by atomic mass is 9.84. The summed E-state index contributed by atoms with van der Waals surface area (Å²) < 4.78 is 29.0. The lowest BCUT2D eigenvalue weighted by molar-refractivity contribution is -0.0384. The molecule has 0 unspecified atom stereocenters. The average Bonchev–Trinajstić information content (AvgIpc) is 3.15. The van der Waals surface area contributed by atoms with Crippen molar-refractivity contribution < 1.29 is 18.7 Å². The average molecular weight is 419 g/mol. The number of aromatic nitrogens is 4.